The zero-order valence-electron chi connectivity index (χ0n) is 7.65. The van der Waals surface area contributed by atoms with Gasteiger partial charge in [-0.2, -0.15) is 4.98 Å². The predicted octanol–water partition coefficient (Wildman–Crippen LogP) is -0.752. The Bertz CT molecular complexity index is 313. The van der Waals surface area contributed by atoms with Crippen LogP contribution in [0.25, 0.3) is 0 Å². The van der Waals surface area contributed by atoms with Crippen LogP contribution in [-0.4, -0.2) is 26.3 Å². The molecule has 7 nitrogen and oxygen atoms in total. The molecule has 1 atom stereocenters. The van der Waals surface area contributed by atoms with Crippen LogP contribution in [0.15, 0.2) is 5.16 Å². The Morgan fingerprint density at radius 2 is 2.50 bits per heavy atom. The molecule has 1 amide bonds. The molecule has 78 valence electrons. The number of rotatable bonds is 4. The van der Waals surface area contributed by atoms with Crippen LogP contribution in [-0.2, 0) is 4.79 Å². The Balaban J connectivity index is 2.41. The maximum Gasteiger partial charge on any atom is 0.234 e. The SMILES string of the molecule is CC(CC(=O)NN)Sc1n[nH]c(N)n1. The van der Waals surface area contributed by atoms with Gasteiger partial charge in [0, 0.05) is 11.7 Å². The molecule has 0 saturated carbocycles. The minimum atomic E-state index is -0.214. The molecule has 0 radical (unpaired) electrons. The first-order chi connectivity index (χ1) is 6.61. The third-order valence-electron chi connectivity index (χ3n) is 1.42. The lowest BCUT2D eigenvalue weighted by Crippen LogP contribution is -2.31. The fourth-order valence-electron chi connectivity index (χ4n) is 0.852. The molecule has 1 rings (SSSR count). The Morgan fingerprint density at radius 3 is 3.00 bits per heavy atom. The number of aromatic amines is 1. The molecule has 8 heteroatoms. The number of nitrogens with two attached hydrogens (primary N) is 2. The number of anilines is 1. The van der Waals surface area contributed by atoms with Crippen molar-refractivity contribution in [2.45, 2.75) is 23.8 Å². The highest BCUT2D eigenvalue weighted by Gasteiger charge is 2.11. The average Bonchev–Trinajstić information content (AvgIpc) is 2.50. The van der Waals surface area contributed by atoms with E-state index < -0.39 is 0 Å². The summed E-state index contributed by atoms with van der Waals surface area (Å²) in [4.78, 5) is 14.8. The topological polar surface area (TPSA) is 123 Å². The van der Waals surface area contributed by atoms with E-state index in [-0.39, 0.29) is 17.1 Å². The van der Waals surface area contributed by atoms with Crippen molar-refractivity contribution in [2.24, 2.45) is 5.84 Å². The molecule has 0 aliphatic heterocycles. The fraction of sp³-hybridized carbons (Fsp3) is 0.500. The lowest BCUT2D eigenvalue weighted by atomic mass is 10.3. The van der Waals surface area contributed by atoms with Crippen molar-refractivity contribution in [3.8, 4) is 0 Å². The summed E-state index contributed by atoms with van der Waals surface area (Å²) in [7, 11) is 0. The molecule has 1 aromatic heterocycles. The van der Waals surface area contributed by atoms with E-state index in [1.165, 1.54) is 11.8 Å². The van der Waals surface area contributed by atoms with Gasteiger partial charge in [-0.3, -0.25) is 10.2 Å². The van der Waals surface area contributed by atoms with E-state index in [0.29, 0.717) is 11.6 Å². The summed E-state index contributed by atoms with van der Waals surface area (Å²) in [5.74, 6) is 5.00. The second-order valence-corrected chi connectivity index (χ2v) is 4.11. The Morgan fingerprint density at radius 1 is 1.79 bits per heavy atom. The Kier molecular flexibility index (Phi) is 3.72. The van der Waals surface area contributed by atoms with Gasteiger partial charge in [-0.1, -0.05) is 18.7 Å². The highest BCUT2D eigenvalue weighted by atomic mass is 32.2. The molecule has 0 saturated heterocycles. The molecule has 1 heterocycles. The van der Waals surface area contributed by atoms with Crippen molar-refractivity contribution in [1.82, 2.24) is 20.6 Å². The standard InChI is InChI=1S/C6H12N6OS/c1-3(2-4(13)10-8)14-6-9-5(7)11-12-6/h3H,2,8H2,1H3,(H,10,13)(H3,7,9,11,12). The quantitative estimate of drug-likeness (QED) is 0.227. The van der Waals surface area contributed by atoms with Crippen molar-refractivity contribution in [2.75, 3.05) is 5.73 Å². The first-order valence-corrected chi connectivity index (χ1v) is 4.83. The van der Waals surface area contributed by atoms with Gasteiger partial charge in [0.05, 0.1) is 0 Å². The number of nitrogens with zero attached hydrogens (tertiary/aromatic N) is 2. The third-order valence-corrected chi connectivity index (χ3v) is 2.39. The number of hydrogen-bond acceptors (Lipinski definition) is 6. The van der Waals surface area contributed by atoms with E-state index in [0.717, 1.165) is 0 Å². The van der Waals surface area contributed by atoms with Gasteiger partial charge >= 0.3 is 0 Å². The van der Waals surface area contributed by atoms with Crippen LogP contribution in [0.5, 0.6) is 0 Å². The molecule has 0 aliphatic carbocycles. The molecule has 1 unspecified atom stereocenters. The summed E-state index contributed by atoms with van der Waals surface area (Å²) < 4.78 is 0. The van der Waals surface area contributed by atoms with Crippen LogP contribution in [0.2, 0.25) is 0 Å². The monoisotopic (exact) mass is 216 g/mol. The minimum absolute atomic E-state index is 0.0498. The van der Waals surface area contributed by atoms with Crippen LogP contribution in [0.3, 0.4) is 0 Å². The Labute approximate surface area is 85.0 Å². The van der Waals surface area contributed by atoms with E-state index in [1.807, 2.05) is 6.92 Å². The third kappa shape index (κ3) is 3.23. The van der Waals surface area contributed by atoms with Crippen molar-refractivity contribution in [3.63, 3.8) is 0 Å². The van der Waals surface area contributed by atoms with Crippen molar-refractivity contribution in [3.05, 3.63) is 0 Å². The average molecular weight is 216 g/mol. The zero-order valence-corrected chi connectivity index (χ0v) is 8.47. The molecular formula is C6H12N6OS. The summed E-state index contributed by atoms with van der Waals surface area (Å²) in [6.07, 6.45) is 0.315. The van der Waals surface area contributed by atoms with E-state index >= 15 is 0 Å². The van der Waals surface area contributed by atoms with Crippen molar-refractivity contribution < 1.29 is 4.79 Å². The van der Waals surface area contributed by atoms with Gasteiger partial charge in [0.1, 0.15) is 0 Å². The minimum Gasteiger partial charge on any atom is -0.368 e. The molecule has 0 spiro atoms. The highest BCUT2D eigenvalue weighted by molar-refractivity contribution is 7.99. The van der Waals surface area contributed by atoms with Crippen LogP contribution in [0.4, 0.5) is 5.95 Å². The number of H-pyrrole nitrogens is 1. The van der Waals surface area contributed by atoms with Crippen LogP contribution in [0.1, 0.15) is 13.3 Å². The maximum atomic E-state index is 10.9. The number of nitrogens with one attached hydrogen (secondary N) is 2. The molecule has 0 aromatic carbocycles. The van der Waals surface area contributed by atoms with Crippen molar-refractivity contribution in [1.29, 1.82) is 0 Å². The number of hydrogen-bond donors (Lipinski definition) is 4. The van der Waals surface area contributed by atoms with E-state index in [4.69, 9.17) is 11.6 Å². The van der Waals surface area contributed by atoms with Gasteiger partial charge in [-0.25, -0.2) is 10.9 Å². The van der Waals surface area contributed by atoms with Gasteiger partial charge in [0.2, 0.25) is 17.0 Å². The number of nitrogen functional groups attached to an aromatic ring is 1. The summed E-state index contributed by atoms with van der Waals surface area (Å²) in [6, 6.07) is 0. The number of hydrazine groups is 1. The summed E-state index contributed by atoms with van der Waals surface area (Å²) >= 11 is 1.36. The fourth-order valence-corrected chi connectivity index (χ4v) is 1.70. The lowest BCUT2D eigenvalue weighted by molar-refractivity contribution is -0.121. The highest BCUT2D eigenvalue weighted by Crippen LogP contribution is 2.21. The molecule has 0 bridgehead atoms. The molecule has 0 aliphatic rings. The normalized spacial score (nSPS) is 12.4. The van der Waals surface area contributed by atoms with Crippen LogP contribution in [0, 0.1) is 0 Å². The van der Waals surface area contributed by atoms with Crippen LogP contribution < -0.4 is 17.0 Å². The smallest absolute Gasteiger partial charge is 0.234 e. The molecule has 14 heavy (non-hydrogen) atoms. The van der Waals surface area contributed by atoms with Crippen molar-refractivity contribution >= 4 is 23.6 Å². The molecule has 6 N–H and O–H groups in total. The second kappa shape index (κ2) is 4.82. The van der Waals surface area contributed by atoms with Crippen LogP contribution >= 0.6 is 11.8 Å². The number of thioether (sulfide) groups is 1. The molecule has 1 aromatic rings. The van der Waals surface area contributed by atoms with Gasteiger partial charge in [0.15, 0.2) is 0 Å². The predicted molar refractivity (Wildman–Crippen MR) is 53.1 cm³/mol. The second-order valence-electron chi connectivity index (χ2n) is 2.70. The van der Waals surface area contributed by atoms with E-state index in [9.17, 15) is 4.79 Å². The van der Waals surface area contributed by atoms with E-state index in [1.54, 1.807) is 0 Å². The first-order valence-electron chi connectivity index (χ1n) is 3.95. The van der Waals surface area contributed by atoms with E-state index in [2.05, 4.69) is 20.6 Å². The number of carbonyl (C=O) groups excluding carboxylic acids is 1. The zero-order chi connectivity index (χ0) is 10.6. The number of aromatic nitrogens is 3. The number of carbonyl (C=O) groups is 1. The first kappa shape index (κ1) is 10.8. The largest absolute Gasteiger partial charge is 0.368 e. The summed E-state index contributed by atoms with van der Waals surface area (Å²) in [6.45, 7) is 1.88. The van der Waals surface area contributed by atoms with Gasteiger partial charge in [0.25, 0.3) is 0 Å². The van der Waals surface area contributed by atoms with Gasteiger partial charge < -0.3 is 5.73 Å². The molecular weight excluding hydrogens is 204 g/mol. The van der Waals surface area contributed by atoms with Gasteiger partial charge in [-0.15, -0.1) is 5.10 Å². The maximum absolute atomic E-state index is 10.9. The Hall–Kier alpha value is -1.28. The summed E-state index contributed by atoms with van der Waals surface area (Å²) in [5, 5.41) is 6.92. The molecule has 0 fully saturated rings. The lowest BCUT2D eigenvalue weighted by Gasteiger charge is -2.06. The number of amides is 1. The summed E-state index contributed by atoms with van der Waals surface area (Å²) in [5.41, 5.74) is 7.40. The van der Waals surface area contributed by atoms with Gasteiger partial charge in [-0.05, 0) is 0 Å².